The molecule has 0 radical (unpaired) electrons. The van der Waals surface area contributed by atoms with E-state index in [-0.39, 0.29) is 12.6 Å². The topological polar surface area (TPSA) is 45.1 Å². The molecule has 1 heterocycles. The third kappa shape index (κ3) is 2.81. The van der Waals surface area contributed by atoms with Gasteiger partial charge in [-0.1, -0.05) is 25.1 Å². The Kier molecular flexibility index (Phi) is 4.07. The van der Waals surface area contributed by atoms with Crippen molar-refractivity contribution >= 4 is 10.9 Å². The van der Waals surface area contributed by atoms with E-state index in [2.05, 4.69) is 23.3 Å². The van der Waals surface area contributed by atoms with Gasteiger partial charge in [-0.2, -0.15) is 0 Å². The molecule has 2 aromatic rings. The number of pyridine rings is 1. The second-order valence-electron chi connectivity index (χ2n) is 4.16. The summed E-state index contributed by atoms with van der Waals surface area (Å²) >= 11 is 0. The summed E-state index contributed by atoms with van der Waals surface area (Å²) in [6, 6.07) is 10.3. The average molecular weight is 230 g/mol. The molecule has 0 amide bonds. The Bertz CT molecular complexity index is 475. The molecule has 0 spiro atoms. The van der Waals surface area contributed by atoms with Crippen molar-refractivity contribution < 1.29 is 5.11 Å². The van der Waals surface area contributed by atoms with Crippen molar-refractivity contribution in [1.82, 2.24) is 10.3 Å². The molecule has 0 unspecified atom stereocenters. The lowest BCUT2D eigenvalue weighted by Gasteiger charge is -2.14. The number of hydrogen-bond donors (Lipinski definition) is 2. The second kappa shape index (κ2) is 5.75. The summed E-state index contributed by atoms with van der Waals surface area (Å²) in [7, 11) is 0. The van der Waals surface area contributed by atoms with Gasteiger partial charge in [-0.3, -0.25) is 4.98 Å². The maximum absolute atomic E-state index is 9.14. The summed E-state index contributed by atoms with van der Waals surface area (Å²) in [6.45, 7) is 3.01. The van der Waals surface area contributed by atoms with E-state index in [1.54, 1.807) is 0 Å². The highest BCUT2D eigenvalue weighted by molar-refractivity contribution is 5.81. The predicted molar refractivity (Wildman–Crippen MR) is 69.7 cm³/mol. The molecule has 1 aromatic heterocycles. The zero-order valence-corrected chi connectivity index (χ0v) is 10.1. The van der Waals surface area contributed by atoms with Gasteiger partial charge in [-0.15, -0.1) is 0 Å². The van der Waals surface area contributed by atoms with Crippen molar-refractivity contribution in [2.75, 3.05) is 6.61 Å². The van der Waals surface area contributed by atoms with Gasteiger partial charge in [0.05, 0.1) is 12.1 Å². The number of aliphatic hydroxyl groups excluding tert-OH is 1. The molecular formula is C14H18N2O. The first-order chi connectivity index (χ1) is 8.35. The van der Waals surface area contributed by atoms with Crippen LogP contribution < -0.4 is 5.32 Å². The zero-order chi connectivity index (χ0) is 12.1. The van der Waals surface area contributed by atoms with Crippen molar-refractivity contribution in [3.05, 3.63) is 42.1 Å². The van der Waals surface area contributed by atoms with Gasteiger partial charge >= 0.3 is 0 Å². The highest BCUT2D eigenvalue weighted by atomic mass is 16.3. The first-order valence-corrected chi connectivity index (χ1v) is 6.02. The summed E-state index contributed by atoms with van der Waals surface area (Å²) in [6.07, 6.45) is 2.76. The molecule has 0 aliphatic heterocycles. The van der Waals surface area contributed by atoms with Gasteiger partial charge in [0.1, 0.15) is 0 Å². The van der Waals surface area contributed by atoms with Crippen molar-refractivity contribution in [3.8, 4) is 0 Å². The van der Waals surface area contributed by atoms with Crippen LogP contribution in [0.25, 0.3) is 10.9 Å². The molecule has 0 saturated carbocycles. The molecular weight excluding hydrogens is 212 g/mol. The standard InChI is InChI=1S/C14H18N2O/c1-2-12(10-17)16-9-11-7-8-15-14-6-4-3-5-13(11)14/h3-8,12,16-17H,2,9-10H2,1H3/t12-/m1/s1. The van der Waals surface area contributed by atoms with Crippen molar-refractivity contribution in [3.63, 3.8) is 0 Å². The smallest absolute Gasteiger partial charge is 0.0705 e. The van der Waals surface area contributed by atoms with E-state index < -0.39 is 0 Å². The Balaban J connectivity index is 2.18. The number of fused-ring (bicyclic) bond motifs is 1. The number of para-hydroxylation sites is 1. The van der Waals surface area contributed by atoms with Crippen LogP contribution in [0.1, 0.15) is 18.9 Å². The Hall–Kier alpha value is -1.45. The molecule has 90 valence electrons. The van der Waals surface area contributed by atoms with E-state index in [0.29, 0.717) is 0 Å². The lowest BCUT2D eigenvalue weighted by Crippen LogP contribution is -2.31. The van der Waals surface area contributed by atoms with E-state index in [1.807, 2.05) is 30.5 Å². The van der Waals surface area contributed by atoms with E-state index in [4.69, 9.17) is 5.11 Å². The number of aromatic nitrogens is 1. The molecule has 1 aromatic carbocycles. The molecule has 0 aliphatic rings. The lowest BCUT2D eigenvalue weighted by atomic mass is 10.1. The Labute approximate surface area is 102 Å². The maximum atomic E-state index is 9.14. The van der Waals surface area contributed by atoms with Crippen LogP contribution in [-0.4, -0.2) is 22.7 Å². The summed E-state index contributed by atoms with van der Waals surface area (Å²) in [5.41, 5.74) is 2.24. The fraction of sp³-hybridized carbons (Fsp3) is 0.357. The van der Waals surface area contributed by atoms with Crippen molar-refractivity contribution in [1.29, 1.82) is 0 Å². The van der Waals surface area contributed by atoms with E-state index >= 15 is 0 Å². The van der Waals surface area contributed by atoms with Crippen molar-refractivity contribution in [2.45, 2.75) is 25.9 Å². The van der Waals surface area contributed by atoms with Crippen LogP contribution in [0.4, 0.5) is 0 Å². The van der Waals surface area contributed by atoms with Gasteiger partial charge in [-0.25, -0.2) is 0 Å². The van der Waals surface area contributed by atoms with Gasteiger partial charge < -0.3 is 10.4 Å². The quantitative estimate of drug-likeness (QED) is 0.826. The number of hydrogen-bond acceptors (Lipinski definition) is 3. The highest BCUT2D eigenvalue weighted by Gasteiger charge is 2.05. The summed E-state index contributed by atoms with van der Waals surface area (Å²) in [5, 5.41) is 13.7. The van der Waals surface area contributed by atoms with Crippen LogP contribution in [0.2, 0.25) is 0 Å². The summed E-state index contributed by atoms with van der Waals surface area (Å²) in [4.78, 5) is 4.33. The van der Waals surface area contributed by atoms with E-state index in [9.17, 15) is 0 Å². The molecule has 0 saturated heterocycles. The van der Waals surface area contributed by atoms with Crippen LogP contribution in [0.3, 0.4) is 0 Å². The fourth-order valence-corrected chi connectivity index (χ4v) is 1.90. The lowest BCUT2D eigenvalue weighted by molar-refractivity contribution is 0.238. The maximum Gasteiger partial charge on any atom is 0.0705 e. The molecule has 2 N–H and O–H groups in total. The molecule has 3 heteroatoms. The number of benzene rings is 1. The number of nitrogens with zero attached hydrogens (tertiary/aromatic N) is 1. The molecule has 0 aliphatic carbocycles. The van der Waals surface area contributed by atoms with Gasteiger partial charge in [0.25, 0.3) is 0 Å². The summed E-state index contributed by atoms with van der Waals surface area (Å²) in [5.74, 6) is 0. The largest absolute Gasteiger partial charge is 0.395 e. The first-order valence-electron chi connectivity index (χ1n) is 6.02. The van der Waals surface area contributed by atoms with Crippen LogP contribution in [-0.2, 0) is 6.54 Å². The third-order valence-electron chi connectivity index (χ3n) is 3.03. The molecule has 0 bridgehead atoms. The molecule has 1 atom stereocenters. The van der Waals surface area contributed by atoms with Crippen LogP contribution >= 0.6 is 0 Å². The fourth-order valence-electron chi connectivity index (χ4n) is 1.90. The number of nitrogens with one attached hydrogen (secondary N) is 1. The third-order valence-corrected chi connectivity index (χ3v) is 3.03. The first kappa shape index (κ1) is 12.0. The predicted octanol–water partition coefficient (Wildman–Crippen LogP) is 2.10. The monoisotopic (exact) mass is 230 g/mol. The average Bonchev–Trinajstić information content (AvgIpc) is 2.40. The number of aliphatic hydroxyl groups is 1. The van der Waals surface area contributed by atoms with Gasteiger partial charge in [0, 0.05) is 24.2 Å². The van der Waals surface area contributed by atoms with Gasteiger partial charge in [0.2, 0.25) is 0 Å². The normalized spacial score (nSPS) is 12.8. The van der Waals surface area contributed by atoms with Crippen LogP contribution in [0, 0.1) is 0 Å². The Morgan fingerprint density at radius 1 is 1.29 bits per heavy atom. The Morgan fingerprint density at radius 2 is 2.12 bits per heavy atom. The van der Waals surface area contributed by atoms with E-state index in [1.165, 1.54) is 10.9 Å². The number of rotatable bonds is 5. The Morgan fingerprint density at radius 3 is 2.88 bits per heavy atom. The van der Waals surface area contributed by atoms with Gasteiger partial charge in [0.15, 0.2) is 0 Å². The second-order valence-corrected chi connectivity index (χ2v) is 4.16. The summed E-state index contributed by atoms with van der Waals surface area (Å²) < 4.78 is 0. The van der Waals surface area contributed by atoms with Crippen LogP contribution in [0.5, 0.6) is 0 Å². The molecule has 17 heavy (non-hydrogen) atoms. The molecule has 3 nitrogen and oxygen atoms in total. The molecule has 0 fully saturated rings. The molecule has 2 rings (SSSR count). The van der Waals surface area contributed by atoms with Crippen LogP contribution in [0.15, 0.2) is 36.5 Å². The van der Waals surface area contributed by atoms with Gasteiger partial charge in [-0.05, 0) is 24.1 Å². The van der Waals surface area contributed by atoms with Crippen molar-refractivity contribution in [2.24, 2.45) is 0 Å². The minimum absolute atomic E-state index is 0.168. The van der Waals surface area contributed by atoms with E-state index in [0.717, 1.165) is 18.5 Å². The SMILES string of the molecule is CC[C@H](CO)NCc1ccnc2ccccc12. The zero-order valence-electron chi connectivity index (χ0n) is 10.1. The highest BCUT2D eigenvalue weighted by Crippen LogP contribution is 2.15. The minimum atomic E-state index is 0.168. The minimum Gasteiger partial charge on any atom is -0.395 e.